The molecule has 0 bridgehead atoms. The number of carbonyl (C=O) groups is 1. The summed E-state index contributed by atoms with van der Waals surface area (Å²) in [6, 6.07) is 20.0. The number of aromatic nitrogens is 3. The predicted molar refractivity (Wildman–Crippen MR) is 216 cm³/mol. The monoisotopic (exact) mass is 771 g/mol. The Morgan fingerprint density at radius 1 is 1.02 bits per heavy atom. The van der Waals surface area contributed by atoms with Crippen molar-refractivity contribution in [1.82, 2.24) is 20.3 Å². The molecule has 2 unspecified atom stereocenters. The zero-order valence-electron chi connectivity index (χ0n) is 33.0. The van der Waals surface area contributed by atoms with Gasteiger partial charge in [0.25, 0.3) is 0 Å². The third-order valence-corrected chi connectivity index (χ3v) is 15.7. The number of carbonyl (C=O) groups excluding carboxylic acids is 1. The molecule has 0 saturated heterocycles. The number of amides is 1. The number of fused-ring (bicyclic) bond motifs is 2. The predicted octanol–water partition coefficient (Wildman–Crippen LogP) is 5.33. The average molecular weight is 772 g/mol. The second-order valence-corrected chi connectivity index (χ2v) is 19.9. The third-order valence-electron chi connectivity index (χ3n) is 11.4. The zero-order chi connectivity index (χ0) is 39.1. The quantitative estimate of drug-likeness (QED) is 0.0899. The van der Waals surface area contributed by atoms with E-state index in [9.17, 15) is 15.0 Å². The van der Waals surface area contributed by atoms with E-state index in [1.807, 2.05) is 65.2 Å². The number of rotatable bonds is 18. The standard InChI is InChI=1S/C42H57N5O7Si/c1-7-53-33-13-16-37-29(24-33)25-36(43-20-8-9-22-48)42(50)47(37)31-10-17-38-35(26-31)40(52-4)28(2)41(54-38)39(18-21-46-27-30(19-23-49)44-45-46)55(5,6)34-14-11-32(51-3)12-15-34/h10-17,24,26-28,36,39-41,43,48-49H,7-9,18-23,25H2,1-6H3/t28-,36?,39?,40-,41-/m1/s1. The number of hydrogen-bond acceptors (Lipinski definition) is 10. The maximum absolute atomic E-state index is 14.3. The largest absolute Gasteiger partial charge is 0.497 e. The third kappa shape index (κ3) is 8.76. The summed E-state index contributed by atoms with van der Waals surface area (Å²) in [5, 5.41) is 32.1. The van der Waals surface area contributed by atoms with Crippen molar-refractivity contribution in [3.63, 3.8) is 0 Å². The molecule has 1 aromatic heterocycles. The van der Waals surface area contributed by atoms with Crippen LogP contribution in [0.5, 0.6) is 17.2 Å². The van der Waals surface area contributed by atoms with Crippen molar-refractivity contribution < 1.29 is 34.0 Å². The minimum absolute atomic E-state index is 0.0255. The van der Waals surface area contributed by atoms with Crippen molar-refractivity contribution in [3.8, 4) is 17.2 Å². The van der Waals surface area contributed by atoms with Gasteiger partial charge in [0.2, 0.25) is 5.91 Å². The Kier molecular flexibility index (Phi) is 13.3. The Hall–Kier alpha value is -4.27. The number of benzene rings is 3. The number of aliphatic hydroxyl groups is 2. The van der Waals surface area contributed by atoms with Gasteiger partial charge in [-0.1, -0.05) is 42.6 Å². The van der Waals surface area contributed by atoms with Crippen LogP contribution in [-0.2, 0) is 28.9 Å². The van der Waals surface area contributed by atoms with E-state index in [0.29, 0.717) is 39.0 Å². The molecular formula is C42H57N5O7Si. The lowest BCUT2D eigenvalue weighted by atomic mass is 9.86. The highest BCUT2D eigenvalue weighted by Crippen LogP contribution is 2.49. The summed E-state index contributed by atoms with van der Waals surface area (Å²) >= 11 is 0. The van der Waals surface area contributed by atoms with Crippen LogP contribution >= 0.6 is 0 Å². The van der Waals surface area contributed by atoms with E-state index in [0.717, 1.165) is 58.3 Å². The summed E-state index contributed by atoms with van der Waals surface area (Å²) in [5.41, 5.74) is 4.45. The van der Waals surface area contributed by atoms with Crippen LogP contribution < -0.4 is 29.6 Å². The van der Waals surface area contributed by atoms with Crippen LogP contribution in [0.15, 0.2) is 66.9 Å². The SMILES string of the molecule is CCOc1ccc2c(c1)CC(NCCCCO)C(=O)N2c1ccc2c(c1)[C@H](OC)[C@@H](C)[C@H](C(CCn1cc(CCO)nn1)[Si](C)(C)c1ccc(OC)cc1)O2. The maximum Gasteiger partial charge on any atom is 0.249 e. The first-order chi connectivity index (χ1) is 26.6. The number of aryl methyl sites for hydroxylation is 1. The molecule has 4 aromatic rings. The minimum Gasteiger partial charge on any atom is -0.497 e. The molecule has 0 aliphatic carbocycles. The van der Waals surface area contributed by atoms with E-state index >= 15 is 0 Å². The molecule has 3 N–H and O–H groups in total. The summed E-state index contributed by atoms with van der Waals surface area (Å²) in [7, 11) is 1.19. The van der Waals surface area contributed by atoms with Gasteiger partial charge in [-0.2, -0.15) is 0 Å². The van der Waals surface area contributed by atoms with E-state index < -0.39 is 14.1 Å². The van der Waals surface area contributed by atoms with Crippen molar-refractivity contribution in [2.24, 2.45) is 5.92 Å². The Morgan fingerprint density at radius 2 is 1.80 bits per heavy atom. The van der Waals surface area contributed by atoms with Crippen molar-refractivity contribution in [2.75, 3.05) is 45.5 Å². The first-order valence-corrected chi connectivity index (χ1v) is 22.6. The summed E-state index contributed by atoms with van der Waals surface area (Å²) in [6.07, 6.45) is 4.74. The second-order valence-electron chi connectivity index (χ2n) is 15.2. The molecule has 2 aliphatic heterocycles. The van der Waals surface area contributed by atoms with Gasteiger partial charge in [0.15, 0.2) is 0 Å². The molecule has 2 aliphatic rings. The number of nitrogens with zero attached hydrogens (tertiary/aromatic N) is 4. The van der Waals surface area contributed by atoms with Crippen molar-refractivity contribution in [3.05, 3.63) is 83.7 Å². The van der Waals surface area contributed by atoms with Crippen LogP contribution in [0.3, 0.4) is 0 Å². The Labute approximate surface area is 325 Å². The lowest BCUT2D eigenvalue weighted by Gasteiger charge is -2.46. The summed E-state index contributed by atoms with van der Waals surface area (Å²) < 4.78 is 26.7. The van der Waals surface area contributed by atoms with Gasteiger partial charge in [-0.25, -0.2) is 0 Å². The Balaban J connectivity index is 1.34. The normalized spacial score (nSPS) is 20.1. The molecule has 0 radical (unpaired) electrons. The molecule has 3 aromatic carbocycles. The summed E-state index contributed by atoms with van der Waals surface area (Å²) in [6.45, 7) is 11.0. The molecule has 13 heteroatoms. The van der Waals surface area contributed by atoms with E-state index in [-0.39, 0.29) is 42.8 Å². The number of anilines is 2. The van der Waals surface area contributed by atoms with Crippen molar-refractivity contribution in [1.29, 1.82) is 0 Å². The average Bonchev–Trinajstić information content (AvgIpc) is 3.64. The molecule has 0 fully saturated rings. The first kappa shape index (κ1) is 40.4. The fraction of sp³-hybridized carbons (Fsp3) is 0.500. The number of unbranched alkanes of at least 4 members (excludes halogenated alkanes) is 1. The Morgan fingerprint density at radius 3 is 2.51 bits per heavy atom. The molecule has 3 heterocycles. The number of nitrogens with one attached hydrogen (secondary N) is 1. The van der Waals surface area contributed by atoms with Gasteiger partial charge >= 0.3 is 0 Å². The molecule has 296 valence electrons. The van der Waals surface area contributed by atoms with Crippen LogP contribution in [0.1, 0.15) is 56.0 Å². The molecule has 5 atom stereocenters. The van der Waals surface area contributed by atoms with Crippen LogP contribution in [0, 0.1) is 5.92 Å². The lowest BCUT2D eigenvalue weighted by Crippen LogP contribution is -2.54. The van der Waals surface area contributed by atoms with Crippen LogP contribution in [0.4, 0.5) is 11.4 Å². The number of hydrogen-bond donors (Lipinski definition) is 3. The number of methoxy groups -OCH3 is 2. The fourth-order valence-corrected chi connectivity index (χ4v) is 11.8. The van der Waals surface area contributed by atoms with E-state index in [4.69, 9.17) is 18.9 Å². The number of ether oxygens (including phenoxy) is 4. The highest BCUT2D eigenvalue weighted by molar-refractivity contribution is 6.91. The first-order valence-electron chi connectivity index (χ1n) is 19.5. The Bertz CT molecular complexity index is 1890. The van der Waals surface area contributed by atoms with Crippen LogP contribution in [0.2, 0.25) is 18.6 Å². The summed E-state index contributed by atoms with van der Waals surface area (Å²) in [4.78, 5) is 16.1. The highest BCUT2D eigenvalue weighted by Gasteiger charge is 2.47. The van der Waals surface area contributed by atoms with Gasteiger partial charge in [-0.05, 0) is 98.8 Å². The van der Waals surface area contributed by atoms with E-state index in [2.05, 4.69) is 53.8 Å². The molecule has 55 heavy (non-hydrogen) atoms. The van der Waals surface area contributed by atoms with Gasteiger partial charge in [0, 0.05) is 56.7 Å². The highest BCUT2D eigenvalue weighted by atomic mass is 28.3. The molecule has 12 nitrogen and oxygen atoms in total. The van der Waals surface area contributed by atoms with E-state index in [1.165, 1.54) is 5.19 Å². The maximum atomic E-state index is 14.3. The molecule has 6 rings (SSSR count). The smallest absolute Gasteiger partial charge is 0.249 e. The van der Waals surface area contributed by atoms with Crippen LogP contribution in [-0.4, -0.2) is 91.9 Å². The zero-order valence-corrected chi connectivity index (χ0v) is 34.0. The molecule has 0 spiro atoms. The number of aliphatic hydroxyl groups excluding tert-OH is 2. The van der Waals surface area contributed by atoms with Crippen molar-refractivity contribution >= 4 is 30.5 Å². The van der Waals surface area contributed by atoms with Crippen LogP contribution in [0.25, 0.3) is 0 Å². The fourth-order valence-electron chi connectivity index (χ4n) is 8.34. The second kappa shape index (κ2) is 18.1. The minimum atomic E-state index is -2.24. The lowest BCUT2D eigenvalue weighted by molar-refractivity contribution is -0.120. The molecule has 0 saturated carbocycles. The van der Waals surface area contributed by atoms with Gasteiger partial charge in [-0.15, -0.1) is 5.10 Å². The molecular weight excluding hydrogens is 715 g/mol. The van der Waals surface area contributed by atoms with Gasteiger partial charge < -0.3 is 34.5 Å². The van der Waals surface area contributed by atoms with Crippen molar-refractivity contribution in [2.45, 2.75) is 89.4 Å². The van der Waals surface area contributed by atoms with Gasteiger partial charge in [0.1, 0.15) is 23.4 Å². The van der Waals surface area contributed by atoms with Gasteiger partial charge in [-0.3, -0.25) is 14.4 Å². The summed E-state index contributed by atoms with van der Waals surface area (Å²) in [5.74, 6) is 2.30. The van der Waals surface area contributed by atoms with E-state index in [1.54, 1.807) is 14.2 Å². The van der Waals surface area contributed by atoms with Gasteiger partial charge in [0.05, 0.1) is 45.3 Å². The topological polar surface area (TPSA) is 140 Å². The molecule has 1 amide bonds.